The maximum atomic E-state index is 13.4. The van der Waals surface area contributed by atoms with Crippen LogP contribution in [0.2, 0.25) is 0 Å². The van der Waals surface area contributed by atoms with Gasteiger partial charge < -0.3 is 0 Å². The predicted octanol–water partition coefficient (Wildman–Crippen LogP) is 6.07. The molecule has 4 rings (SSSR count). The van der Waals surface area contributed by atoms with Gasteiger partial charge in [0.2, 0.25) is 0 Å². The number of fused-ring (bicyclic) bond motifs is 1. The molecule has 4 heteroatoms. The number of thiazole rings is 1. The number of hydrogen-bond acceptors (Lipinski definition) is 3. The molecule has 0 bridgehead atoms. The van der Waals surface area contributed by atoms with Crippen LogP contribution >= 0.6 is 11.3 Å². The zero-order valence-electron chi connectivity index (χ0n) is 16.3. The van der Waals surface area contributed by atoms with E-state index >= 15 is 0 Å². The lowest BCUT2D eigenvalue weighted by molar-refractivity contribution is 0.0985. The summed E-state index contributed by atoms with van der Waals surface area (Å²) in [4.78, 5) is 20.1. The Bertz CT molecular complexity index is 1150. The summed E-state index contributed by atoms with van der Waals surface area (Å²) in [5.74, 6) is -0.0269. The summed E-state index contributed by atoms with van der Waals surface area (Å²) in [6.07, 6.45) is 0. The fourth-order valence-corrected chi connectivity index (χ4v) is 4.54. The van der Waals surface area contributed by atoms with Gasteiger partial charge in [-0.15, -0.1) is 0 Å². The lowest BCUT2D eigenvalue weighted by Gasteiger charge is -2.20. The molecule has 28 heavy (non-hydrogen) atoms. The molecule has 0 atom stereocenters. The van der Waals surface area contributed by atoms with Gasteiger partial charge in [0.15, 0.2) is 5.13 Å². The Morgan fingerprint density at radius 1 is 0.929 bits per heavy atom. The number of rotatable bonds is 4. The van der Waals surface area contributed by atoms with Crippen molar-refractivity contribution in [2.45, 2.75) is 27.3 Å². The molecule has 0 aliphatic heterocycles. The van der Waals surface area contributed by atoms with Gasteiger partial charge in [0, 0.05) is 5.56 Å². The second-order valence-corrected chi connectivity index (χ2v) is 8.18. The Balaban J connectivity index is 1.80. The lowest BCUT2D eigenvalue weighted by atomic mass is 10.1. The number of carbonyl (C=O) groups is 1. The molecule has 3 aromatic carbocycles. The molecule has 0 fully saturated rings. The Labute approximate surface area is 169 Å². The molecule has 0 spiro atoms. The normalized spacial score (nSPS) is 11.0. The third-order valence-corrected chi connectivity index (χ3v) is 5.77. The van der Waals surface area contributed by atoms with Gasteiger partial charge in [0.1, 0.15) is 0 Å². The first-order valence-corrected chi connectivity index (χ1v) is 10.1. The maximum absolute atomic E-state index is 13.4. The van der Waals surface area contributed by atoms with E-state index < -0.39 is 0 Å². The summed E-state index contributed by atoms with van der Waals surface area (Å²) in [5.41, 5.74) is 6.15. The van der Waals surface area contributed by atoms with E-state index in [1.54, 1.807) is 16.2 Å². The van der Waals surface area contributed by atoms with Crippen molar-refractivity contribution in [1.82, 2.24) is 4.98 Å². The number of carbonyl (C=O) groups excluding carboxylic acids is 1. The molecule has 1 aromatic heterocycles. The molecule has 0 N–H and O–H groups in total. The Hall–Kier alpha value is -2.98. The van der Waals surface area contributed by atoms with E-state index in [4.69, 9.17) is 4.98 Å². The Kier molecular flexibility index (Phi) is 4.97. The third kappa shape index (κ3) is 3.69. The summed E-state index contributed by atoms with van der Waals surface area (Å²) in [5, 5.41) is 0.735. The van der Waals surface area contributed by atoms with Crippen molar-refractivity contribution in [2.24, 2.45) is 0 Å². The van der Waals surface area contributed by atoms with E-state index in [1.807, 2.05) is 61.5 Å². The van der Waals surface area contributed by atoms with Gasteiger partial charge in [-0.05, 0) is 55.7 Å². The fraction of sp³-hybridized carbons (Fsp3) is 0.167. The van der Waals surface area contributed by atoms with E-state index in [2.05, 4.69) is 26.0 Å². The highest BCUT2D eigenvalue weighted by Gasteiger charge is 2.22. The standard InChI is InChI=1S/C24H22N2OS/c1-16-8-7-11-20(13-16)23(27)26(15-19-9-5-4-6-10-19)24-25-22-18(3)12-17(2)14-21(22)28-24/h4-14H,15H2,1-3H3. The molecule has 0 saturated carbocycles. The topological polar surface area (TPSA) is 33.2 Å². The number of benzene rings is 3. The minimum Gasteiger partial charge on any atom is -0.279 e. The second kappa shape index (κ2) is 7.56. The average Bonchev–Trinajstić information content (AvgIpc) is 3.10. The third-order valence-electron chi connectivity index (χ3n) is 4.74. The molecule has 140 valence electrons. The van der Waals surface area contributed by atoms with E-state index in [1.165, 1.54) is 5.56 Å². The first-order chi connectivity index (χ1) is 13.5. The molecule has 0 aliphatic rings. The van der Waals surface area contributed by atoms with Crippen LogP contribution in [0.5, 0.6) is 0 Å². The van der Waals surface area contributed by atoms with Crippen LogP contribution in [0.3, 0.4) is 0 Å². The smallest absolute Gasteiger partial charge is 0.260 e. The number of nitrogens with zero attached hydrogens (tertiary/aromatic N) is 2. The first-order valence-electron chi connectivity index (χ1n) is 9.31. The highest BCUT2D eigenvalue weighted by atomic mass is 32.1. The largest absolute Gasteiger partial charge is 0.279 e. The van der Waals surface area contributed by atoms with Crippen LogP contribution in [-0.2, 0) is 6.54 Å². The molecular formula is C24H22N2OS. The maximum Gasteiger partial charge on any atom is 0.260 e. The number of hydrogen-bond donors (Lipinski definition) is 0. The minimum absolute atomic E-state index is 0.0269. The quantitative estimate of drug-likeness (QED) is 0.426. The molecule has 0 unspecified atom stereocenters. The van der Waals surface area contributed by atoms with E-state index in [-0.39, 0.29) is 5.91 Å². The molecular weight excluding hydrogens is 364 g/mol. The highest BCUT2D eigenvalue weighted by molar-refractivity contribution is 7.22. The molecule has 1 amide bonds. The van der Waals surface area contributed by atoms with Gasteiger partial charge in [0.05, 0.1) is 16.8 Å². The number of amides is 1. The van der Waals surface area contributed by atoms with E-state index in [0.29, 0.717) is 12.1 Å². The van der Waals surface area contributed by atoms with Crippen LogP contribution in [0.4, 0.5) is 5.13 Å². The van der Waals surface area contributed by atoms with Crippen molar-refractivity contribution >= 4 is 32.6 Å². The monoisotopic (exact) mass is 386 g/mol. The predicted molar refractivity (Wildman–Crippen MR) is 117 cm³/mol. The van der Waals surface area contributed by atoms with Gasteiger partial charge in [0.25, 0.3) is 5.91 Å². The van der Waals surface area contributed by atoms with Crippen molar-refractivity contribution < 1.29 is 4.79 Å². The SMILES string of the molecule is Cc1cccc(C(=O)N(Cc2ccccc2)c2nc3c(C)cc(C)cc3s2)c1. The van der Waals surface area contributed by atoms with Gasteiger partial charge in [-0.3, -0.25) is 9.69 Å². The summed E-state index contributed by atoms with van der Waals surface area (Å²) in [6, 6.07) is 22.1. The summed E-state index contributed by atoms with van der Waals surface area (Å²) in [6.45, 7) is 6.65. The van der Waals surface area contributed by atoms with Crippen molar-refractivity contribution in [1.29, 1.82) is 0 Å². The zero-order chi connectivity index (χ0) is 19.7. The second-order valence-electron chi connectivity index (χ2n) is 7.17. The number of aromatic nitrogens is 1. The Morgan fingerprint density at radius 3 is 2.46 bits per heavy atom. The van der Waals surface area contributed by atoms with Crippen LogP contribution in [0.15, 0.2) is 66.7 Å². The van der Waals surface area contributed by atoms with Crippen molar-refractivity contribution in [2.75, 3.05) is 4.90 Å². The Morgan fingerprint density at radius 2 is 1.71 bits per heavy atom. The van der Waals surface area contributed by atoms with Crippen LogP contribution in [0.1, 0.15) is 32.6 Å². The van der Waals surface area contributed by atoms with Crippen LogP contribution in [0, 0.1) is 20.8 Å². The molecule has 4 aromatic rings. The van der Waals surface area contributed by atoms with Crippen molar-refractivity contribution in [3.63, 3.8) is 0 Å². The van der Waals surface area contributed by atoms with Gasteiger partial charge >= 0.3 is 0 Å². The summed E-state index contributed by atoms with van der Waals surface area (Å²) >= 11 is 1.57. The van der Waals surface area contributed by atoms with Gasteiger partial charge in [-0.1, -0.05) is 65.4 Å². The first kappa shape index (κ1) is 18.4. The average molecular weight is 387 g/mol. The van der Waals surface area contributed by atoms with E-state index in [9.17, 15) is 4.79 Å². The zero-order valence-corrected chi connectivity index (χ0v) is 17.1. The summed E-state index contributed by atoms with van der Waals surface area (Å²) < 4.78 is 1.11. The van der Waals surface area contributed by atoms with Crippen molar-refractivity contribution in [3.05, 3.63) is 94.5 Å². The van der Waals surface area contributed by atoms with Crippen LogP contribution < -0.4 is 4.90 Å². The van der Waals surface area contributed by atoms with Gasteiger partial charge in [-0.2, -0.15) is 0 Å². The number of anilines is 1. The van der Waals surface area contributed by atoms with Crippen LogP contribution in [0.25, 0.3) is 10.2 Å². The highest BCUT2D eigenvalue weighted by Crippen LogP contribution is 2.33. The van der Waals surface area contributed by atoms with Crippen LogP contribution in [-0.4, -0.2) is 10.9 Å². The molecule has 0 aliphatic carbocycles. The van der Waals surface area contributed by atoms with Crippen molar-refractivity contribution in [3.8, 4) is 0 Å². The number of aryl methyl sites for hydroxylation is 3. The summed E-state index contributed by atoms with van der Waals surface area (Å²) in [7, 11) is 0. The molecule has 0 radical (unpaired) electrons. The minimum atomic E-state index is -0.0269. The molecule has 1 heterocycles. The van der Waals surface area contributed by atoms with Gasteiger partial charge in [-0.25, -0.2) is 4.98 Å². The van der Waals surface area contributed by atoms with E-state index in [0.717, 1.165) is 32.0 Å². The lowest BCUT2D eigenvalue weighted by Crippen LogP contribution is -2.30. The molecule has 3 nitrogen and oxygen atoms in total. The fourth-order valence-electron chi connectivity index (χ4n) is 3.40. The molecule has 0 saturated heterocycles.